The quantitative estimate of drug-likeness (QED) is 0.698. The van der Waals surface area contributed by atoms with Gasteiger partial charge in [-0.15, -0.1) is 0 Å². The van der Waals surface area contributed by atoms with Gasteiger partial charge >= 0.3 is 0 Å². The third kappa shape index (κ3) is 2.37. The average molecular weight is 280 g/mol. The van der Waals surface area contributed by atoms with Gasteiger partial charge in [0, 0.05) is 21.4 Å². The number of rotatable bonds is 2. The Morgan fingerprint density at radius 2 is 1.85 bits per heavy atom. The summed E-state index contributed by atoms with van der Waals surface area (Å²) in [4.78, 5) is 6.80. The first-order valence-corrected chi connectivity index (χ1v) is 7.35. The van der Waals surface area contributed by atoms with Crippen molar-refractivity contribution >= 4 is 28.4 Å². The molecule has 20 heavy (non-hydrogen) atoms. The summed E-state index contributed by atoms with van der Waals surface area (Å²) in [6.45, 7) is 4.27. The van der Waals surface area contributed by atoms with Crippen LogP contribution in [0.25, 0.3) is 10.9 Å². The Balaban J connectivity index is 2.06. The van der Waals surface area contributed by atoms with Crippen molar-refractivity contribution in [3.63, 3.8) is 0 Å². The normalized spacial score (nSPS) is 10.9. The molecule has 0 spiro atoms. The number of aryl methyl sites for hydroxylation is 2. The topological polar surface area (TPSA) is 38.9 Å². The van der Waals surface area contributed by atoms with E-state index in [0.29, 0.717) is 0 Å². The molecule has 0 fully saturated rings. The Morgan fingerprint density at radius 3 is 2.65 bits per heavy atom. The first kappa shape index (κ1) is 13.0. The van der Waals surface area contributed by atoms with E-state index in [9.17, 15) is 0 Å². The van der Waals surface area contributed by atoms with E-state index in [1.54, 1.807) is 11.8 Å². The predicted molar refractivity (Wildman–Crippen MR) is 86.2 cm³/mol. The summed E-state index contributed by atoms with van der Waals surface area (Å²) in [7, 11) is 0. The molecule has 0 atom stereocenters. The lowest BCUT2D eigenvalue weighted by atomic mass is 10.1. The van der Waals surface area contributed by atoms with Crippen molar-refractivity contribution in [1.82, 2.24) is 4.98 Å². The zero-order valence-electron chi connectivity index (χ0n) is 11.6. The summed E-state index contributed by atoms with van der Waals surface area (Å²) in [6, 6.07) is 14.5. The van der Waals surface area contributed by atoms with Crippen LogP contribution in [0.15, 0.2) is 58.5 Å². The number of hydrogen-bond donors (Lipinski definition) is 1. The van der Waals surface area contributed by atoms with Crippen LogP contribution in [0.2, 0.25) is 0 Å². The highest BCUT2D eigenvalue weighted by atomic mass is 32.2. The van der Waals surface area contributed by atoms with E-state index in [1.807, 2.05) is 24.4 Å². The maximum atomic E-state index is 5.99. The molecule has 2 nitrogen and oxygen atoms in total. The van der Waals surface area contributed by atoms with Crippen LogP contribution >= 0.6 is 11.8 Å². The molecule has 3 rings (SSSR count). The van der Waals surface area contributed by atoms with Crippen molar-refractivity contribution in [1.29, 1.82) is 0 Å². The molecular formula is C17H16N2S. The fourth-order valence-corrected chi connectivity index (χ4v) is 3.20. The van der Waals surface area contributed by atoms with E-state index in [-0.39, 0.29) is 0 Å². The average Bonchev–Trinajstić information content (AvgIpc) is 2.44. The highest BCUT2D eigenvalue weighted by Gasteiger charge is 2.06. The highest BCUT2D eigenvalue weighted by Crippen LogP contribution is 2.34. The van der Waals surface area contributed by atoms with E-state index in [4.69, 9.17) is 5.73 Å². The smallest absolute Gasteiger partial charge is 0.0942 e. The zero-order valence-corrected chi connectivity index (χ0v) is 12.4. The number of nitrogens with two attached hydrogens (primary N) is 1. The third-order valence-corrected chi connectivity index (χ3v) is 4.53. The number of para-hydroxylation sites is 1. The molecule has 0 aliphatic heterocycles. The van der Waals surface area contributed by atoms with Gasteiger partial charge in [-0.2, -0.15) is 0 Å². The van der Waals surface area contributed by atoms with Gasteiger partial charge in [0.15, 0.2) is 0 Å². The molecule has 1 heterocycles. The molecule has 0 saturated heterocycles. The summed E-state index contributed by atoms with van der Waals surface area (Å²) in [6.07, 6.45) is 1.82. The van der Waals surface area contributed by atoms with Crippen molar-refractivity contribution in [2.75, 3.05) is 5.73 Å². The molecule has 0 amide bonds. The van der Waals surface area contributed by atoms with Crippen LogP contribution < -0.4 is 5.73 Å². The maximum Gasteiger partial charge on any atom is 0.0942 e. The zero-order chi connectivity index (χ0) is 14.1. The molecule has 2 aromatic carbocycles. The van der Waals surface area contributed by atoms with Crippen LogP contribution in [0.5, 0.6) is 0 Å². The summed E-state index contributed by atoms with van der Waals surface area (Å²) in [5.74, 6) is 0. The van der Waals surface area contributed by atoms with Crippen LogP contribution in [0, 0.1) is 13.8 Å². The van der Waals surface area contributed by atoms with Crippen molar-refractivity contribution in [3.8, 4) is 0 Å². The molecule has 100 valence electrons. The number of benzene rings is 2. The van der Waals surface area contributed by atoms with Gasteiger partial charge in [0.05, 0.1) is 11.2 Å². The summed E-state index contributed by atoms with van der Waals surface area (Å²) < 4.78 is 0. The molecule has 0 bridgehead atoms. The second-order valence-corrected chi connectivity index (χ2v) is 6.02. The van der Waals surface area contributed by atoms with E-state index in [2.05, 4.69) is 43.1 Å². The number of nitrogen functional groups attached to an aromatic ring is 1. The fourth-order valence-electron chi connectivity index (χ4n) is 2.17. The molecule has 1 aromatic heterocycles. The summed E-state index contributed by atoms with van der Waals surface area (Å²) in [5.41, 5.74) is 10.2. The van der Waals surface area contributed by atoms with Crippen LogP contribution in [0.3, 0.4) is 0 Å². The van der Waals surface area contributed by atoms with Gasteiger partial charge in [-0.05, 0) is 49.2 Å². The van der Waals surface area contributed by atoms with E-state index in [1.165, 1.54) is 20.9 Å². The van der Waals surface area contributed by atoms with Gasteiger partial charge in [0.2, 0.25) is 0 Å². The fraction of sp³-hybridized carbons (Fsp3) is 0.118. The predicted octanol–water partition coefficient (Wildman–Crippen LogP) is 4.59. The first-order chi connectivity index (χ1) is 9.65. The molecule has 0 saturated carbocycles. The number of aromatic nitrogens is 1. The number of hydrogen-bond acceptors (Lipinski definition) is 3. The highest BCUT2D eigenvalue weighted by molar-refractivity contribution is 7.99. The molecule has 2 N–H and O–H groups in total. The summed E-state index contributed by atoms with van der Waals surface area (Å²) in [5, 5.41) is 1.11. The number of pyridine rings is 1. The lowest BCUT2D eigenvalue weighted by molar-refractivity contribution is 1.27. The van der Waals surface area contributed by atoms with Gasteiger partial charge in [-0.3, -0.25) is 4.98 Å². The lowest BCUT2D eigenvalue weighted by Gasteiger charge is -2.08. The van der Waals surface area contributed by atoms with Crippen LogP contribution in [0.1, 0.15) is 11.1 Å². The molecule has 3 aromatic rings. The van der Waals surface area contributed by atoms with Crippen molar-refractivity contribution < 1.29 is 0 Å². The van der Waals surface area contributed by atoms with E-state index < -0.39 is 0 Å². The minimum absolute atomic E-state index is 0.727. The molecule has 0 unspecified atom stereocenters. The Morgan fingerprint density at radius 1 is 1.00 bits per heavy atom. The van der Waals surface area contributed by atoms with Crippen molar-refractivity contribution in [2.45, 2.75) is 23.6 Å². The van der Waals surface area contributed by atoms with E-state index in [0.717, 1.165) is 16.6 Å². The maximum absolute atomic E-state index is 5.99. The lowest BCUT2D eigenvalue weighted by Crippen LogP contribution is -1.90. The number of anilines is 1. The largest absolute Gasteiger partial charge is 0.397 e. The standard InChI is InChI=1S/C17H16N2S/c1-11-6-7-13(10-12(11)2)20-16-8-9-19-17-14(16)4-3-5-15(17)18/h3-10H,18H2,1-2H3. The van der Waals surface area contributed by atoms with Crippen LogP contribution in [0.4, 0.5) is 5.69 Å². The molecule has 0 aliphatic rings. The van der Waals surface area contributed by atoms with Crippen LogP contribution in [-0.2, 0) is 0 Å². The van der Waals surface area contributed by atoms with Gasteiger partial charge in [-0.1, -0.05) is 30.0 Å². The van der Waals surface area contributed by atoms with E-state index >= 15 is 0 Å². The Kier molecular flexibility index (Phi) is 3.36. The Bertz CT molecular complexity index is 781. The second-order valence-electron chi connectivity index (χ2n) is 4.90. The first-order valence-electron chi connectivity index (χ1n) is 6.53. The molecule has 3 heteroatoms. The molecule has 0 aliphatic carbocycles. The van der Waals surface area contributed by atoms with Gasteiger partial charge < -0.3 is 5.73 Å². The second kappa shape index (κ2) is 5.17. The Hall–Kier alpha value is -2.00. The van der Waals surface area contributed by atoms with Gasteiger partial charge in [0.1, 0.15) is 0 Å². The van der Waals surface area contributed by atoms with Crippen molar-refractivity contribution in [2.24, 2.45) is 0 Å². The number of nitrogens with zero attached hydrogens (tertiary/aromatic N) is 1. The summed E-state index contributed by atoms with van der Waals surface area (Å²) >= 11 is 1.75. The third-order valence-electron chi connectivity index (χ3n) is 3.47. The SMILES string of the molecule is Cc1ccc(Sc2ccnc3c(N)cccc23)cc1C. The number of fused-ring (bicyclic) bond motifs is 1. The van der Waals surface area contributed by atoms with Crippen LogP contribution in [-0.4, -0.2) is 4.98 Å². The van der Waals surface area contributed by atoms with Crippen molar-refractivity contribution in [3.05, 3.63) is 59.8 Å². The van der Waals surface area contributed by atoms with Gasteiger partial charge in [-0.25, -0.2) is 0 Å². The minimum atomic E-state index is 0.727. The molecular weight excluding hydrogens is 264 g/mol. The molecule has 0 radical (unpaired) electrons. The minimum Gasteiger partial charge on any atom is -0.397 e. The Labute approximate surface area is 123 Å². The monoisotopic (exact) mass is 280 g/mol. The van der Waals surface area contributed by atoms with Gasteiger partial charge in [0.25, 0.3) is 0 Å².